The van der Waals surface area contributed by atoms with Crippen molar-refractivity contribution in [3.8, 4) is 11.1 Å². The molecule has 0 spiro atoms. The Hall–Kier alpha value is -5.49. The summed E-state index contributed by atoms with van der Waals surface area (Å²) in [5.74, 6) is -1.27. The number of hydrogen-bond donors (Lipinski definition) is 2. The van der Waals surface area contributed by atoms with Gasteiger partial charge in [-0.05, 0) is 101 Å². The number of carbonyl (C=O) groups excluding carboxylic acids is 2. The fraction of sp³-hybridized carbons (Fsp3) is 0.175. The number of rotatable bonds is 12. The van der Waals surface area contributed by atoms with Crippen molar-refractivity contribution in [2.45, 2.75) is 46.8 Å². The van der Waals surface area contributed by atoms with Gasteiger partial charge in [0.05, 0.1) is 11.1 Å². The molecular formula is C40H37NO5. The Labute approximate surface area is 269 Å². The third-order valence-corrected chi connectivity index (χ3v) is 8.16. The summed E-state index contributed by atoms with van der Waals surface area (Å²) < 4.78 is 5.65. The van der Waals surface area contributed by atoms with E-state index in [0.29, 0.717) is 30.5 Å². The predicted molar refractivity (Wildman–Crippen MR) is 182 cm³/mol. The van der Waals surface area contributed by atoms with E-state index >= 15 is 0 Å². The lowest BCUT2D eigenvalue weighted by atomic mass is 9.93. The number of esters is 1. The number of aromatic carboxylic acids is 1. The van der Waals surface area contributed by atoms with Crippen molar-refractivity contribution in [2.24, 2.45) is 0 Å². The highest BCUT2D eigenvalue weighted by atomic mass is 16.5. The zero-order chi connectivity index (χ0) is 32.6. The second-order valence-corrected chi connectivity index (χ2v) is 11.4. The minimum absolute atomic E-state index is 0.0648. The molecule has 0 aliphatic rings. The first-order chi connectivity index (χ1) is 22.2. The van der Waals surface area contributed by atoms with Crippen molar-refractivity contribution in [1.82, 2.24) is 0 Å². The van der Waals surface area contributed by atoms with Gasteiger partial charge in [-0.3, -0.25) is 4.79 Å². The van der Waals surface area contributed by atoms with Crippen LogP contribution in [0.3, 0.4) is 0 Å². The number of Topliss-reactive ketones (excluding diaryl/α,β-unsaturated/α-hetero) is 1. The molecule has 0 atom stereocenters. The Morgan fingerprint density at radius 3 is 2.20 bits per heavy atom. The first-order valence-corrected chi connectivity index (χ1v) is 15.4. The highest BCUT2D eigenvalue weighted by Crippen LogP contribution is 2.31. The van der Waals surface area contributed by atoms with Crippen LogP contribution in [-0.2, 0) is 24.3 Å². The van der Waals surface area contributed by atoms with E-state index in [1.54, 1.807) is 36.4 Å². The highest BCUT2D eigenvalue weighted by Gasteiger charge is 2.15. The van der Waals surface area contributed by atoms with Gasteiger partial charge in [-0.1, -0.05) is 79.7 Å². The summed E-state index contributed by atoms with van der Waals surface area (Å²) in [5, 5.41) is 13.3. The summed E-state index contributed by atoms with van der Waals surface area (Å²) in [6.45, 7) is 6.58. The van der Waals surface area contributed by atoms with Gasteiger partial charge in [-0.2, -0.15) is 0 Å². The molecule has 5 rings (SSSR count). The van der Waals surface area contributed by atoms with E-state index in [2.05, 4.69) is 24.4 Å². The van der Waals surface area contributed by atoms with E-state index < -0.39 is 11.9 Å². The molecule has 0 aliphatic heterocycles. The molecule has 0 radical (unpaired) electrons. The molecule has 232 valence electrons. The molecule has 2 N–H and O–H groups in total. The van der Waals surface area contributed by atoms with Crippen LogP contribution in [0.25, 0.3) is 11.1 Å². The zero-order valence-electron chi connectivity index (χ0n) is 26.3. The summed E-state index contributed by atoms with van der Waals surface area (Å²) >= 11 is 0. The van der Waals surface area contributed by atoms with Crippen LogP contribution < -0.4 is 5.32 Å². The van der Waals surface area contributed by atoms with Crippen molar-refractivity contribution in [3.63, 3.8) is 0 Å². The molecule has 46 heavy (non-hydrogen) atoms. The number of benzene rings is 5. The summed E-state index contributed by atoms with van der Waals surface area (Å²) in [6, 6.07) is 33.9. The van der Waals surface area contributed by atoms with E-state index in [-0.39, 0.29) is 18.0 Å². The lowest BCUT2D eigenvalue weighted by Crippen LogP contribution is -2.09. The SMILES string of the molecule is CCC(=O)c1ccc(-c2cc(NCc3ccc(COC(=O)c4ccccc4)c(Cc4ccccc4C(=O)O)c3)ccc2C)c(C)c1. The molecule has 0 aliphatic carbocycles. The Kier molecular flexibility index (Phi) is 10.1. The Balaban J connectivity index is 1.39. The monoisotopic (exact) mass is 611 g/mol. The van der Waals surface area contributed by atoms with Gasteiger partial charge in [0.1, 0.15) is 6.61 Å². The maximum absolute atomic E-state index is 12.7. The normalized spacial score (nSPS) is 10.8. The fourth-order valence-corrected chi connectivity index (χ4v) is 5.55. The van der Waals surface area contributed by atoms with Gasteiger partial charge in [0.15, 0.2) is 5.78 Å². The maximum Gasteiger partial charge on any atom is 0.338 e. The number of carboxylic acid groups (broad SMARTS) is 1. The van der Waals surface area contributed by atoms with Crippen LogP contribution in [0, 0.1) is 13.8 Å². The number of carbonyl (C=O) groups is 3. The summed E-state index contributed by atoms with van der Waals surface area (Å²) in [5.41, 5.74) is 10.1. The van der Waals surface area contributed by atoms with Gasteiger partial charge < -0.3 is 15.2 Å². The molecule has 5 aromatic carbocycles. The van der Waals surface area contributed by atoms with Crippen LogP contribution in [0.1, 0.15) is 77.8 Å². The molecule has 0 saturated heterocycles. The van der Waals surface area contributed by atoms with E-state index in [0.717, 1.165) is 50.2 Å². The highest BCUT2D eigenvalue weighted by molar-refractivity contribution is 5.96. The standard InChI is InChI=1S/C40H37NO5/c1-4-38(42)31-17-19-35(27(3)20-31)37-23-34(18-14-26(37)2)41-24-28-15-16-32(25-46-40(45)29-10-6-5-7-11-29)33(21-28)22-30-12-8-9-13-36(30)39(43)44/h5-21,23,41H,4,22,24-25H2,1-3H3,(H,43,44). The van der Waals surface area contributed by atoms with Crippen molar-refractivity contribution >= 4 is 23.4 Å². The van der Waals surface area contributed by atoms with Gasteiger partial charge in [-0.15, -0.1) is 0 Å². The topological polar surface area (TPSA) is 92.7 Å². The molecule has 0 bridgehead atoms. The van der Waals surface area contributed by atoms with E-state index in [1.165, 1.54) is 0 Å². The van der Waals surface area contributed by atoms with Gasteiger partial charge in [0.2, 0.25) is 0 Å². The number of ketones is 1. The predicted octanol–water partition coefficient (Wildman–Crippen LogP) is 8.82. The smallest absolute Gasteiger partial charge is 0.338 e. The van der Waals surface area contributed by atoms with Crippen LogP contribution in [0.4, 0.5) is 5.69 Å². The number of aryl methyl sites for hydroxylation is 2. The number of carboxylic acids is 1. The minimum atomic E-state index is -0.984. The first kappa shape index (κ1) is 31.9. The van der Waals surface area contributed by atoms with Gasteiger partial charge in [-0.25, -0.2) is 9.59 Å². The largest absolute Gasteiger partial charge is 0.478 e. The van der Waals surface area contributed by atoms with Crippen molar-refractivity contribution in [1.29, 1.82) is 0 Å². The van der Waals surface area contributed by atoms with Crippen LogP contribution in [0.5, 0.6) is 0 Å². The molecular weight excluding hydrogens is 574 g/mol. The molecule has 6 heteroatoms. The third-order valence-electron chi connectivity index (χ3n) is 8.16. The van der Waals surface area contributed by atoms with Crippen LogP contribution in [0.2, 0.25) is 0 Å². The number of ether oxygens (including phenoxy) is 1. The average Bonchev–Trinajstić information content (AvgIpc) is 3.07. The second-order valence-electron chi connectivity index (χ2n) is 11.4. The Bertz CT molecular complexity index is 1890. The number of nitrogens with one attached hydrogen (secondary N) is 1. The second kappa shape index (κ2) is 14.5. The van der Waals surface area contributed by atoms with Crippen molar-refractivity contribution < 1.29 is 24.2 Å². The molecule has 0 amide bonds. The zero-order valence-corrected chi connectivity index (χ0v) is 26.3. The van der Waals surface area contributed by atoms with Crippen LogP contribution >= 0.6 is 0 Å². The van der Waals surface area contributed by atoms with E-state index in [9.17, 15) is 19.5 Å². The number of hydrogen-bond acceptors (Lipinski definition) is 5. The summed E-state index contributed by atoms with van der Waals surface area (Å²) in [7, 11) is 0. The minimum Gasteiger partial charge on any atom is -0.478 e. The summed E-state index contributed by atoms with van der Waals surface area (Å²) in [6.07, 6.45) is 0.851. The average molecular weight is 612 g/mol. The van der Waals surface area contributed by atoms with E-state index in [4.69, 9.17) is 4.74 Å². The van der Waals surface area contributed by atoms with E-state index in [1.807, 2.05) is 74.5 Å². The maximum atomic E-state index is 12.7. The third kappa shape index (κ3) is 7.59. The molecule has 0 fully saturated rings. The molecule has 0 unspecified atom stereocenters. The summed E-state index contributed by atoms with van der Waals surface area (Å²) in [4.78, 5) is 36.8. The Morgan fingerprint density at radius 2 is 1.46 bits per heavy atom. The lowest BCUT2D eigenvalue weighted by molar-refractivity contribution is 0.0471. The number of anilines is 1. The van der Waals surface area contributed by atoms with Crippen LogP contribution in [-0.4, -0.2) is 22.8 Å². The molecule has 6 nitrogen and oxygen atoms in total. The molecule has 0 saturated carbocycles. The fourth-order valence-electron chi connectivity index (χ4n) is 5.55. The van der Waals surface area contributed by atoms with Gasteiger partial charge in [0, 0.05) is 24.2 Å². The van der Waals surface area contributed by atoms with Crippen molar-refractivity contribution in [2.75, 3.05) is 5.32 Å². The molecule has 5 aromatic rings. The van der Waals surface area contributed by atoms with Gasteiger partial charge in [0.25, 0.3) is 0 Å². The van der Waals surface area contributed by atoms with Crippen molar-refractivity contribution in [3.05, 3.63) is 159 Å². The van der Waals surface area contributed by atoms with Crippen LogP contribution in [0.15, 0.2) is 109 Å². The first-order valence-electron chi connectivity index (χ1n) is 15.4. The quantitative estimate of drug-likeness (QED) is 0.108. The molecule has 0 aromatic heterocycles. The Morgan fingerprint density at radius 1 is 0.696 bits per heavy atom. The lowest BCUT2D eigenvalue weighted by Gasteiger charge is -2.16. The van der Waals surface area contributed by atoms with Gasteiger partial charge >= 0.3 is 11.9 Å². The molecule has 0 heterocycles.